The first-order valence-electron chi connectivity index (χ1n) is 9.45. The molecule has 1 amide bonds. The molecule has 1 atom stereocenters. The molecule has 1 fully saturated rings. The van der Waals surface area contributed by atoms with Gasteiger partial charge in [-0.25, -0.2) is 0 Å². The SMILES string of the molecule is C=C/C=C1/C(=O)NC(C(=C)/C=C\C(C)=C/C)(/C(C=C)=C/C=C(/C)C=C)/C1=C/C=C. The molecule has 1 N–H and O–H groups in total. The van der Waals surface area contributed by atoms with Gasteiger partial charge in [0.15, 0.2) is 0 Å². The van der Waals surface area contributed by atoms with Gasteiger partial charge in [-0.05, 0) is 43.6 Å². The van der Waals surface area contributed by atoms with Crippen molar-refractivity contribution in [2.75, 3.05) is 0 Å². The van der Waals surface area contributed by atoms with Crippen LogP contribution < -0.4 is 5.32 Å². The maximum Gasteiger partial charge on any atom is 0.252 e. The fraction of sp³-hybridized carbons (Fsp3) is 0.148. The first-order chi connectivity index (χ1) is 13.8. The van der Waals surface area contributed by atoms with Crippen molar-refractivity contribution in [2.45, 2.75) is 26.3 Å². The highest BCUT2D eigenvalue weighted by molar-refractivity contribution is 6.05. The van der Waals surface area contributed by atoms with Crippen molar-refractivity contribution < 1.29 is 4.79 Å². The predicted octanol–water partition coefficient (Wildman–Crippen LogP) is 6.40. The zero-order valence-electron chi connectivity index (χ0n) is 17.8. The predicted molar refractivity (Wildman–Crippen MR) is 127 cm³/mol. The summed E-state index contributed by atoms with van der Waals surface area (Å²) in [7, 11) is 0. The van der Waals surface area contributed by atoms with Crippen LogP contribution in [0.15, 0.2) is 133 Å². The minimum Gasteiger partial charge on any atom is -0.334 e. The van der Waals surface area contributed by atoms with Crippen LogP contribution in [0.4, 0.5) is 0 Å². The van der Waals surface area contributed by atoms with E-state index in [0.29, 0.717) is 11.1 Å². The lowest BCUT2D eigenvalue weighted by Crippen LogP contribution is -2.45. The summed E-state index contributed by atoms with van der Waals surface area (Å²) in [5.41, 5.74) is 3.89. The summed E-state index contributed by atoms with van der Waals surface area (Å²) in [6.45, 7) is 25.6. The average molecular weight is 386 g/mol. The highest BCUT2D eigenvalue weighted by Crippen LogP contribution is 2.43. The smallest absolute Gasteiger partial charge is 0.252 e. The Hall–Kier alpha value is -3.39. The highest BCUT2D eigenvalue weighted by Gasteiger charge is 2.48. The third-order valence-electron chi connectivity index (χ3n) is 4.79. The molecule has 150 valence electrons. The van der Waals surface area contributed by atoms with Crippen LogP contribution in [0.3, 0.4) is 0 Å². The molecule has 0 saturated carbocycles. The van der Waals surface area contributed by atoms with Crippen molar-refractivity contribution in [1.29, 1.82) is 0 Å². The molecule has 1 aliphatic rings. The zero-order chi connectivity index (χ0) is 22.0. The zero-order valence-corrected chi connectivity index (χ0v) is 17.8. The van der Waals surface area contributed by atoms with Crippen LogP contribution in [0.1, 0.15) is 20.8 Å². The number of hydrogen-bond donors (Lipinski definition) is 1. The van der Waals surface area contributed by atoms with E-state index in [9.17, 15) is 4.79 Å². The second-order valence-electron chi connectivity index (χ2n) is 6.67. The molecule has 1 saturated heterocycles. The van der Waals surface area contributed by atoms with Gasteiger partial charge in [-0.3, -0.25) is 4.79 Å². The quantitative estimate of drug-likeness (QED) is 0.361. The lowest BCUT2D eigenvalue weighted by molar-refractivity contribution is -0.116. The Labute approximate surface area is 175 Å². The number of rotatable bonds is 9. The van der Waals surface area contributed by atoms with Crippen LogP contribution in [-0.2, 0) is 4.79 Å². The number of nitrogens with one attached hydrogen (secondary N) is 1. The highest BCUT2D eigenvalue weighted by atomic mass is 16.2. The minimum atomic E-state index is -0.968. The van der Waals surface area contributed by atoms with Gasteiger partial charge in [0.05, 0.1) is 0 Å². The van der Waals surface area contributed by atoms with E-state index in [1.807, 2.05) is 57.2 Å². The van der Waals surface area contributed by atoms with Gasteiger partial charge in [-0.1, -0.05) is 105 Å². The fourth-order valence-corrected chi connectivity index (χ4v) is 3.00. The number of allylic oxidation sites excluding steroid dienone is 11. The molecule has 2 nitrogen and oxygen atoms in total. The van der Waals surface area contributed by atoms with Crippen LogP contribution in [0.2, 0.25) is 0 Å². The Morgan fingerprint density at radius 1 is 0.931 bits per heavy atom. The summed E-state index contributed by atoms with van der Waals surface area (Å²) in [4.78, 5) is 12.9. The summed E-state index contributed by atoms with van der Waals surface area (Å²) in [5.74, 6) is -0.201. The second-order valence-corrected chi connectivity index (χ2v) is 6.67. The Bertz CT molecular complexity index is 912. The van der Waals surface area contributed by atoms with Crippen LogP contribution in [0.5, 0.6) is 0 Å². The van der Waals surface area contributed by atoms with Gasteiger partial charge in [-0.2, -0.15) is 0 Å². The van der Waals surface area contributed by atoms with Crippen molar-refractivity contribution in [3.8, 4) is 0 Å². The van der Waals surface area contributed by atoms with Crippen LogP contribution in [-0.4, -0.2) is 11.4 Å². The second kappa shape index (κ2) is 10.8. The number of carbonyl (C=O) groups excluding carboxylic acids is 1. The van der Waals surface area contributed by atoms with Gasteiger partial charge < -0.3 is 5.32 Å². The minimum absolute atomic E-state index is 0.201. The van der Waals surface area contributed by atoms with E-state index >= 15 is 0 Å². The van der Waals surface area contributed by atoms with Gasteiger partial charge in [0, 0.05) is 5.57 Å². The van der Waals surface area contributed by atoms with Gasteiger partial charge >= 0.3 is 0 Å². The normalized spacial score (nSPS) is 23.4. The largest absolute Gasteiger partial charge is 0.334 e. The van der Waals surface area contributed by atoms with E-state index in [2.05, 4.69) is 38.2 Å². The molecule has 0 aliphatic carbocycles. The first-order valence-corrected chi connectivity index (χ1v) is 9.45. The molecular weight excluding hydrogens is 354 g/mol. The van der Waals surface area contributed by atoms with Gasteiger partial charge in [-0.15, -0.1) is 0 Å². The number of hydrogen-bond acceptors (Lipinski definition) is 1. The van der Waals surface area contributed by atoms with Crippen molar-refractivity contribution in [1.82, 2.24) is 5.32 Å². The van der Waals surface area contributed by atoms with Crippen LogP contribution >= 0.6 is 0 Å². The molecule has 2 heteroatoms. The first kappa shape index (κ1) is 23.6. The Balaban J connectivity index is 3.89. The standard InChI is InChI=1S/C27H31NO/c1-9-14-24-25(15-10-2)27(28-26(24)29,22(8)18-16-20(6)11-3)23(13-5)19-17-21(7)12-4/h9-19H,1-2,4-5,8H2,3,6-7H3,(H,28,29)/b18-16-,20-11-,21-17-,23-19+,24-14+,25-15+. The maximum absolute atomic E-state index is 12.9. The lowest BCUT2D eigenvalue weighted by atomic mass is 9.75. The fourth-order valence-electron chi connectivity index (χ4n) is 3.00. The molecule has 0 aromatic rings. The number of amides is 1. The van der Waals surface area contributed by atoms with E-state index in [4.69, 9.17) is 0 Å². The third kappa shape index (κ3) is 5.11. The van der Waals surface area contributed by atoms with E-state index < -0.39 is 5.54 Å². The Morgan fingerprint density at radius 2 is 1.59 bits per heavy atom. The average Bonchev–Trinajstić information content (AvgIpc) is 2.99. The monoisotopic (exact) mass is 385 g/mol. The molecule has 0 spiro atoms. The summed E-state index contributed by atoms with van der Waals surface area (Å²) >= 11 is 0. The molecule has 0 bridgehead atoms. The summed E-state index contributed by atoms with van der Waals surface area (Å²) in [6, 6.07) is 0. The van der Waals surface area contributed by atoms with E-state index in [-0.39, 0.29) is 5.91 Å². The molecule has 1 unspecified atom stereocenters. The van der Waals surface area contributed by atoms with Crippen molar-refractivity contribution in [3.63, 3.8) is 0 Å². The van der Waals surface area contributed by atoms with Crippen molar-refractivity contribution in [2.24, 2.45) is 0 Å². The molecule has 0 radical (unpaired) electrons. The van der Waals surface area contributed by atoms with E-state index in [1.54, 1.807) is 30.4 Å². The van der Waals surface area contributed by atoms with Crippen molar-refractivity contribution >= 4 is 5.91 Å². The van der Waals surface area contributed by atoms with Crippen LogP contribution in [0, 0.1) is 0 Å². The van der Waals surface area contributed by atoms with E-state index in [0.717, 1.165) is 22.3 Å². The summed E-state index contributed by atoms with van der Waals surface area (Å²) in [6.07, 6.45) is 20.1. The third-order valence-corrected chi connectivity index (χ3v) is 4.79. The summed E-state index contributed by atoms with van der Waals surface area (Å²) in [5, 5.41) is 3.14. The molecule has 1 rings (SSSR count). The Kier molecular flexibility index (Phi) is 8.82. The van der Waals surface area contributed by atoms with Crippen molar-refractivity contribution in [3.05, 3.63) is 133 Å². The molecule has 29 heavy (non-hydrogen) atoms. The molecule has 1 aliphatic heterocycles. The molecular formula is C27H31NO. The number of carbonyl (C=O) groups is 1. The van der Waals surface area contributed by atoms with Gasteiger partial charge in [0.2, 0.25) is 0 Å². The molecule has 0 aromatic carbocycles. The van der Waals surface area contributed by atoms with Gasteiger partial charge in [0.25, 0.3) is 5.91 Å². The topological polar surface area (TPSA) is 29.1 Å². The Morgan fingerprint density at radius 3 is 2.10 bits per heavy atom. The van der Waals surface area contributed by atoms with Gasteiger partial charge in [0.1, 0.15) is 5.54 Å². The summed E-state index contributed by atoms with van der Waals surface area (Å²) < 4.78 is 0. The maximum atomic E-state index is 12.9. The molecule has 0 aromatic heterocycles. The molecule has 1 heterocycles. The van der Waals surface area contributed by atoms with Crippen LogP contribution in [0.25, 0.3) is 0 Å². The lowest BCUT2D eigenvalue weighted by Gasteiger charge is -2.33. The van der Waals surface area contributed by atoms with E-state index in [1.165, 1.54) is 0 Å².